The summed E-state index contributed by atoms with van der Waals surface area (Å²) in [6.45, 7) is 1.87. The van der Waals surface area contributed by atoms with Crippen molar-refractivity contribution < 1.29 is 14.6 Å². The standard InChI is InChI=1S/C13H11BrN2O3/c1-7-2-3-8(14)6-11(7)19-12-9(15)4-5-10(16-12)13(17)18/h2-6H,15H2,1H3,(H,17,18). The fraction of sp³-hybridized carbons (Fsp3) is 0.0769. The molecule has 0 unspecified atom stereocenters. The van der Waals surface area contributed by atoms with Gasteiger partial charge in [0, 0.05) is 4.47 Å². The van der Waals surface area contributed by atoms with E-state index in [2.05, 4.69) is 20.9 Å². The number of nitrogen functional groups attached to an aromatic ring is 1. The fourth-order valence-corrected chi connectivity index (χ4v) is 1.78. The zero-order chi connectivity index (χ0) is 14.0. The van der Waals surface area contributed by atoms with E-state index >= 15 is 0 Å². The first-order valence-electron chi connectivity index (χ1n) is 5.41. The van der Waals surface area contributed by atoms with E-state index in [4.69, 9.17) is 15.6 Å². The molecule has 0 aliphatic rings. The van der Waals surface area contributed by atoms with E-state index in [1.807, 2.05) is 19.1 Å². The summed E-state index contributed by atoms with van der Waals surface area (Å²) >= 11 is 3.34. The van der Waals surface area contributed by atoms with Gasteiger partial charge in [0.05, 0.1) is 5.69 Å². The largest absolute Gasteiger partial charge is 0.477 e. The molecule has 3 N–H and O–H groups in total. The Morgan fingerprint density at radius 1 is 1.37 bits per heavy atom. The molecule has 98 valence electrons. The van der Waals surface area contributed by atoms with E-state index in [1.54, 1.807) is 6.07 Å². The van der Waals surface area contributed by atoms with E-state index < -0.39 is 5.97 Å². The van der Waals surface area contributed by atoms with Crippen LogP contribution >= 0.6 is 15.9 Å². The number of nitrogens with two attached hydrogens (primary N) is 1. The highest BCUT2D eigenvalue weighted by atomic mass is 79.9. The van der Waals surface area contributed by atoms with Crippen LogP contribution in [0.4, 0.5) is 5.69 Å². The molecule has 6 heteroatoms. The monoisotopic (exact) mass is 322 g/mol. The molecule has 1 aromatic heterocycles. The van der Waals surface area contributed by atoms with Crippen LogP contribution in [0.3, 0.4) is 0 Å². The summed E-state index contributed by atoms with van der Waals surface area (Å²) in [5, 5.41) is 8.90. The third-order valence-corrected chi connectivity index (χ3v) is 2.96. The van der Waals surface area contributed by atoms with Gasteiger partial charge >= 0.3 is 5.97 Å². The van der Waals surface area contributed by atoms with E-state index in [0.717, 1.165) is 10.0 Å². The normalized spacial score (nSPS) is 10.2. The molecule has 19 heavy (non-hydrogen) atoms. The number of halogens is 1. The predicted molar refractivity (Wildman–Crippen MR) is 74.6 cm³/mol. The van der Waals surface area contributed by atoms with Crippen molar-refractivity contribution in [2.75, 3.05) is 5.73 Å². The van der Waals surface area contributed by atoms with Crippen LogP contribution in [-0.4, -0.2) is 16.1 Å². The van der Waals surface area contributed by atoms with Crippen LogP contribution in [0.2, 0.25) is 0 Å². The number of benzene rings is 1. The molecule has 0 aliphatic carbocycles. The number of pyridine rings is 1. The summed E-state index contributed by atoms with van der Waals surface area (Å²) < 4.78 is 6.43. The second kappa shape index (κ2) is 5.27. The molecule has 0 bridgehead atoms. The number of hydrogen-bond acceptors (Lipinski definition) is 4. The minimum Gasteiger partial charge on any atom is -0.477 e. The number of carboxylic acid groups (broad SMARTS) is 1. The van der Waals surface area contributed by atoms with Gasteiger partial charge in [-0.3, -0.25) is 0 Å². The van der Waals surface area contributed by atoms with Gasteiger partial charge in [-0.1, -0.05) is 22.0 Å². The summed E-state index contributed by atoms with van der Waals surface area (Å²) in [6, 6.07) is 8.31. The van der Waals surface area contributed by atoms with Crippen molar-refractivity contribution in [2.45, 2.75) is 6.92 Å². The highest BCUT2D eigenvalue weighted by molar-refractivity contribution is 9.10. The lowest BCUT2D eigenvalue weighted by atomic mass is 10.2. The zero-order valence-electron chi connectivity index (χ0n) is 10.1. The molecule has 5 nitrogen and oxygen atoms in total. The lowest BCUT2D eigenvalue weighted by Gasteiger charge is -2.10. The van der Waals surface area contributed by atoms with Crippen molar-refractivity contribution in [3.63, 3.8) is 0 Å². The van der Waals surface area contributed by atoms with Crippen LogP contribution in [0.1, 0.15) is 16.1 Å². The minimum absolute atomic E-state index is 0.0844. The van der Waals surface area contributed by atoms with Crippen molar-refractivity contribution in [1.82, 2.24) is 4.98 Å². The summed E-state index contributed by atoms with van der Waals surface area (Å²) in [4.78, 5) is 14.7. The first-order chi connectivity index (χ1) is 8.97. The molecule has 0 aliphatic heterocycles. The third-order valence-electron chi connectivity index (χ3n) is 2.47. The maximum atomic E-state index is 10.9. The highest BCUT2D eigenvalue weighted by Gasteiger charge is 2.11. The van der Waals surface area contributed by atoms with Crippen molar-refractivity contribution >= 4 is 27.6 Å². The number of nitrogens with zero attached hydrogens (tertiary/aromatic N) is 1. The van der Waals surface area contributed by atoms with Crippen LogP contribution in [0, 0.1) is 6.92 Å². The molecule has 0 atom stereocenters. The van der Waals surface area contributed by atoms with Crippen molar-refractivity contribution in [3.8, 4) is 11.6 Å². The van der Waals surface area contributed by atoms with E-state index in [9.17, 15) is 4.79 Å². The van der Waals surface area contributed by atoms with E-state index in [0.29, 0.717) is 5.75 Å². The van der Waals surface area contributed by atoms with Gasteiger partial charge in [-0.15, -0.1) is 0 Å². The SMILES string of the molecule is Cc1ccc(Br)cc1Oc1nc(C(=O)O)ccc1N. The van der Waals surface area contributed by atoms with E-state index in [-0.39, 0.29) is 17.3 Å². The second-order valence-corrected chi connectivity index (χ2v) is 4.82. The average Bonchev–Trinajstić information content (AvgIpc) is 2.36. The predicted octanol–water partition coefficient (Wildman–Crippen LogP) is 3.23. The molecule has 0 spiro atoms. The van der Waals surface area contributed by atoms with Gasteiger partial charge in [0.25, 0.3) is 0 Å². The quantitative estimate of drug-likeness (QED) is 0.906. The van der Waals surface area contributed by atoms with Gasteiger partial charge in [-0.05, 0) is 36.8 Å². The number of carbonyl (C=O) groups is 1. The zero-order valence-corrected chi connectivity index (χ0v) is 11.6. The number of aromatic carboxylic acids is 1. The lowest BCUT2D eigenvalue weighted by Crippen LogP contribution is -2.04. The lowest BCUT2D eigenvalue weighted by molar-refractivity contribution is 0.0689. The summed E-state index contributed by atoms with van der Waals surface area (Å²) in [6.07, 6.45) is 0. The molecule has 2 rings (SSSR count). The molecule has 0 saturated heterocycles. The number of aryl methyl sites for hydroxylation is 1. The van der Waals surface area contributed by atoms with Crippen molar-refractivity contribution in [2.24, 2.45) is 0 Å². The number of hydrogen-bond donors (Lipinski definition) is 2. The Morgan fingerprint density at radius 2 is 2.11 bits per heavy atom. The number of anilines is 1. The smallest absolute Gasteiger partial charge is 0.354 e. The van der Waals surface area contributed by atoms with Crippen molar-refractivity contribution in [3.05, 3.63) is 46.1 Å². The summed E-state index contributed by atoms with van der Waals surface area (Å²) in [5.41, 5.74) is 6.79. The molecular weight excluding hydrogens is 312 g/mol. The van der Waals surface area contributed by atoms with Crippen LogP contribution in [-0.2, 0) is 0 Å². The Bertz CT molecular complexity index is 644. The summed E-state index contributed by atoms with van der Waals surface area (Å²) in [5.74, 6) is -0.479. The Morgan fingerprint density at radius 3 is 2.79 bits per heavy atom. The van der Waals surface area contributed by atoms with Gasteiger partial charge in [-0.2, -0.15) is 0 Å². The number of ether oxygens (including phenoxy) is 1. The Hall–Kier alpha value is -2.08. The van der Waals surface area contributed by atoms with Gasteiger partial charge in [0.1, 0.15) is 5.75 Å². The van der Waals surface area contributed by atoms with Gasteiger partial charge < -0.3 is 15.6 Å². The Balaban J connectivity index is 2.40. The first-order valence-corrected chi connectivity index (χ1v) is 6.20. The molecule has 0 fully saturated rings. The highest BCUT2D eigenvalue weighted by Crippen LogP contribution is 2.30. The van der Waals surface area contributed by atoms with Crippen molar-refractivity contribution in [1.29, 1.82) is 0 Å². The maximum Gasteiger partial charge on any atom is 0.354 e. The molecule has 2 aromatic rings. The van der Waals surface area contributed by atoms with Crippen LogP contribution in [0.25, 0.3) is 0 Å². The Labute approximate surface area is 118 Å². The molecule has 1 aromatic carbocycles. The summed E-state index contributed by atoms with van der Waals surface area (Å²) in [7, 11) is 0. The fourth-order valence-electron chi connectivity index (χ4n) is 1.44. The molecule has 0 amide bonds. The number of aromatic nitrogens is 1. The van der Waals surface area contributed by atoms with Crippen LogP contribution in [0.15, 0.2) is 34.8 Å². The molecule has 1 heterocycles. The third kappa shape index (κ3) is 3.03. The molecular formula is C13H11BrN2O3. The number of carboxylic acids is 1. The number of rotatable bonds is 3. The van der Waals surface area contributed by atoms with Gasteiger partial charge in [0.2, 0.25) is 5.88 Å². The van der Waals surface area contributed by atoms with Crippen LogP contribution in [0.5, 0.6) is 11.6 Å². The minimum atomic E-state index is -1.13. The Kier molecular flexibility index (Phi) is 3.71. The van der Waals surface area contributed by atoms with E-state index in [1.165, 1.54) is 12.1 Å². The van der Waals surface area contributed by atoms with Gasteiger partial charge in [-0.25, -0.2) is 9.78 Å². The molecule has 0 radical (unpaired) electrons. The average molecular weight is 323 g/mol. The van der Waals surface area contributed by atoms with Crippen LogP contribution < -0.4 is 10.5 Å². The first kappa shape index (κ1) is 13.4. The van der Waals surface area contributed by atoms with Gasteiger partial charge in [0.15, 0.2) is 5.69 Å². The maximum absolute atomic E-state index is 10.9. The molecule has 0 saturated carbocycles. The topological polar surface area (TPSA) is 85.4 Å². The second-order valence-electron chi connectivity index (χ2n) is 3.91.